The minimum atomic E-state index is -0.381. The first-order valence-corrected chi connectivity index (χ1v) is 10.6. The van der Waals surface area contributed by atoms with E-state index in [1.54, 1.807) is 18.7 Å². The molecule has 1 aromatic carbocycles. The Morgan fingerprint density at radius 3 is 2.39 bits per heavy atom. The molecule has 2 heterocycles. The summed E-state index contributed by atoms with van der Waals surface area (Å²) in [5, 5.41) is 0.555. The lowest BCUT2D eigenvalue weighted by Gasteiger charge is -2.17. The minimum absolute atomic E-state index is 0.0753. The Labute approximate surface area is 171 Å². The summed E-state index contributed by atoms with van der Waals surface area (Å²) in [6.07, 6.45) is 1.00. The number of carbonyl (C=O) groups excluding carboxylic acids is 2. The van der Waals surface area contributed by atoms with E-state index in [0.717, 1.165) is 12.0 Å². The molecule has 0 radical (unpaired) electrons. The topological polar surface area (TPSA) is 62.7 Å². The lowest BCUT2D eigenvalue weighted by Crippen LogP contribution is -2.31. The molecule has 0 aliphatic carbocycles. The quantitative estimate of drug-likeness (QED) is 0.658. The monoisotopic (exact) mass is 403 g/mol. The van der Waals surface area contributed by atoms with Gasteiger partial charge >= 0.3 is 12.0 Å². The summed E-state index contributed by atoms with van der Waals surface area (Å²) in [5.74, 6) is -0.381. The fourth-order valence-electron chi connectivity index (χ4n) is 2.89. The zero-order valence-corrected chi connectivity index (χ0v) is 18.1. The molecule has 28 heavy (non-hydrogen) atoms. The second-order valence-corrected chi connectivity index (χ2v) is 7.13. The highest BCUT2D eigenvalue weighted by molar-refractivity contribution is 7.17. The number of rotatable bonds is 6. The number of thiazole rings is 1. The van der Waals surface area contributed by atoms with Crippen LogP contribution >= 0.6 is 11.3 Å². The van der Waals surface area contributed by atoms with Crippen LogP contribution in [0.3, 0.4) is 0 Å². The summed E-state index contributed by atoms with van der Waals surface area (Å²) in [4.78, 5) is 33.0. The molecule has 3 rings (SSSR count). The average Bonchev–Trinajstić information content (AvgIpc) is 3.27. The van der Waals surface area contributed by atoms with Crippen LogP contribution in [0.4, 0.5) is 9.93 Å². The number of nitrogens with zero attached hydrogens (tertiary/aromatic N) is 3. The molecular weight excluding hydrogens is 374 g/mol. The van der Waals surface area contributed by atoms with Gasteiger partial charge in [-0.3, -0.25) is 4.90 Å². The predicted octanol–water partition coefficient (Wildman–Crippen LogP) is 4.66. The van der Waals surface area contributed by atoms with Crippen LogP contribution in [-0.2, 0) is 17.7 Å². The number of amides is 2. The number of esters is 1. The van der Waals surface area contributed by atoms with Crippen LogP contribution in [0.25, 0.3) is 0 Å². The Bertz CT molecular complexity index is 802. The number of aryl methyl sites for hydroxylation is 2. The van der Waals surface area contributed by atoms with Gasteiger partial charge in [0, 0.05) is 19.6 Å². The van der Waals surface area contributed by atoms with Gasteiger partial charge in [0.15, 0.2) is 5.13 Å². The summed E-state index contributed by atoms with van der Waals surface area (Å²) < 4.78 is 5.05. The van der Waals surface area contributed by atoms with E-state index in [-0.39, 0.29) is 12.0 Å². The van der Waals surface area contributed by atoms with Crippen LogP contribution in [-0.4, -0.2) is 41.6 Å². The van der Waals surface area contributed by atoms with E-state index < -0.39 is 0 Å². The van der Waals surface area contributed by atoms with Crippen molar-refractivity contribution in [2.45, 2.75) is 47.6 Å². The van der Waals surface area contributed by atoms with Gasteiger partial charge < -0.3 is 9.64 Å². The molecule has 7 heteroatoms. The molecule has 0 saturated carbocycles. The molecule has 1 aliphatic rings. The van der Waals surface area contributed by atoms with E-state index in [2.05, 4.69) is 36.2 Å². The van der Waals surface area contributed by atoms with Crippen molar-refractivity contribution in [3.63, 3.8) is 0 Å². The van der Waals surface area contributed by atoms with Gasteiger partial charge in [-0.2, -0.15) is 0 Å². The van der Waals surface area contributed by atoms with Crippen molar-refractivity contribution in [2.24, 2.45) is 0 Å². The average molecular weight is 404 g/mol. The molecule has 152 valence electrons. The van der Waals surface area contributed by atoms with Crippen molar-refractivity contribution in [3.05, 3.63) is 46.0 Å². The fraction of sp³-hybridized carbons (Fsp3) is 0.476. The van der Waals surface area contributed by atoms with E-state index in [9.17, 15) is 9.59 Å². The molecular formula is C21H29N3O3S. The first kappa shape index (κ1) is 21.9. The number of ether oxygens (including phenoxy) is 1. The van der Waals surface area contributed by atoms with Crippen molar-refractivity contribution in [1.82, 2.24) is 9.88 Å². The lowest BCUT2D eigenvalue weighted by atomic mass is 10.1. The number of benzene rings is 1. The molecule has 1 saturated heterocycles. The fourth-order valence-corrected chi connectivity index (χ4v) is 3.87. The van der Waals surface area contributed by atoms with Gasteiger partial charge in [0.25, 0.3) is 0 Å². The Kier molecular flexibility index (Phi) is 7.99. The molecule has 1 fully saturated rings. The summed E-state index contributed by atoms with van der Waals surface area (Å²) in [7, 11) is 0. The first-order valence-electron chi connectivity index (χ1n) is 9.82. The van der Waals surface area contributed by atoms with E-state index >= 15 is 0 Å². The van der Waals surface area contributed by atoms with Crippen molar-refractivity contribution < 1.29 is 14.3 Å². The first-order chi connectivity index (χ1) is 13.5. The number of hydrogen-bond donors (Lipinski definition) is 0. The van der Waals surface area contributed by atoms with Gasteiger partial charge in [0.1, 0.15) is 4.88 Å². The second-order valence-electron chi connectivity index (χ2n) is 6.16. The summed E-state index contributed by atoms with van der Waals surface area (Å²) in [6.45, 7) is 11.8. The highest BCUT2D eigenvalue weighted by Gasteiger charge is 2.32. The summed E-state index contributed by atoms with van der Waals surface area (Å²) in [5.41, 5.74) is 3.00. The number of urea groups is 1. The third-order valence-corrected chi connectivity index (χ3v) is 5.54. The van der Waals surface area contributed by atoms with Crippen molar-refractivity contribution >= 4 is 28.5 Å². The molecule has 1 aliphatic heterocycles. The van der Waals surface area contributed by atoms with E-state index in [1.807, 2.05) is 18.7 Å². The largest absolute Gasteiger partial charge is 0.462 e. The Morgan fingerprint density at radius 2 is 1.79 bits per heavy atom. The number of hydrogen-bond acceptors (Lipinski definition) is 5. The van der Waals surface area contributed by atoms with Crippen LogP contribution < -0.4 is 4.90 Å². The molecule has 0 N–H and O–H groups in total. The van der Waals surface area contributed by atoms with Crippen molar-refractivity contribution in [2.75, 3.05) is 24.6 Å². The Hall–Kier alpha value is -2.41. The van der Waals surface area contributed by atoms with Crippen LogP contribution in [0.1, 0.15) is 54.2 Å². The van der Waals surface area contributed by atoms with Crippen molar-refractivity contribution in [1.29, 1.82) is 0 Å². The Balaban J connectivity index is 0.00000136. The van der Waals surface area contributed by atoms with Gasteiger partial charge in [0.05, 0.1) is 12.3 Å². The number of carbonyl (C=O) groups is 2. The molecule has 2 aromatic rings. The number of anilines is 1. The number of aromatic nitrogens is 1. The van der Waals surface area contributed by atoms with Crippen LogP contribution in [0.2, 0.25) is 0 Å². The van der Waals surface area contributed by atoms with E-state index in [0.29, 0.717) is 41.9 Å². The predicted molar refractivity (Wildman–Crippen MR) is 113 cm³/mol. The van der Waals surface area contributed by atoms with E-state index in [1.165, 1.54) is 16.9 Å². The maximum Gasteiger partial charge on any atom is 0.350 e. The van der Waals surface area contributed by atoms with Gasteiger partial charge in [0.2, 0.25) is 0 Å². The zero-order valence-electron chi connectivity index (χ0n) is 17.3. The lowest BCUT2D eigenvalue weighted by molar-refractivity contribution is 0.0531. The summed E-state index contributed by atoms with van der Waals surface area (Å²) >= 11 is 1.21. The summed E-state index contributed by atoms with van der Waals surface area (Å²) in [6, 6.07) is 8.27. The molecule has 0 atom stereocenters. The third-order valence-electron chi connectivity index (χ3n) is 4.38. The maximum atomic E-state index is 12.8. The second kappa shape index (κ2) is 10.2. The van der Waals surface area contributed by atoms with Crippen LogP contribution in [0.15, 0.2) is 24.3 Å². The maximum absolute atomic E-state index is 12.8. The minimum Gasteiger partial charge on any atom is -0.462 e. The van der Waals surface area contributed by atoms with Gasteiger partial charge in [-0.1, -0.05) is 56.4 Å². The molecule has 0 bridgehead atoms. The van der Waals surface area contributed by atoms with Gasteiger partial charge in [-0.05, 0) is 31.4 Å². The van der Waals surface area contributed by atoms with Crippen molar-refractivity contribution in [3.8, 4) is 0 Å². The van der Waals surface area contributed by atoms with Crippen LogP contribution in [0.5, 0.6) is 0 Å². The molecule has 6 nitrogen and oxygen atoms in total. The normalized spacial score (nSPS) is 13.4. The highest BCUT2D eigenvalue weighted by atomic mass is 32.1. The van der Waals surface area contributed by atoms with Gasteiger partial charge in [-0.15, -0.1) is 0 Å². The van der Waals surface area contributed by atoms with Crippen LogP contribution in [0, 0.1) is 6.92 Å². The van der Waals surface area contributed by atoms with E-state index in [4.69, 9.17) is 4.74 Å². The SMILES string of the molecule is CC.CCOC(=O)c1sc(N2CCN(Cc3ccc(CC)cc3)C2=O)nc1C. The standard InChI is InChI=1S/C19H23N3O3S.C2H6/c1-4-14-6-8-15(9-7-14)12-21-10-11-22(19(21)24)18-20-13(3)16(26-18)17(23)25-5-2;1-2/h6-9H,4-5,10-12H2,1-3H3;1-2H3. The smallest absolute Gasteiger partial charge is 0.350 e. The molecule has 1 aromatic heterocycles. The Morgan fingerprint density at radius 1 is 1.14 bits per heavy atom. The van der Waals surface area contributed by atoms with Gasteiger partial charge in [-0.25, -0.2) is 14.6 Å². The molecule has 0 spiro atoms. The third kappa shape index (κ3) is 4.90. The highest BCUT2D eigenvalue weighted by Crippen LogP contribution is 2.29. The molecule has 2 amide bonds. The zero-order chi connectivity index (χ0) is 20.7. The molecule has 0 unspecified atom stereocenters.